The molecule has 0 radical (unpaired) electrons. The molecule has 0 atom stereocenters. The molecular weight excluding hydrogens is 450 g/mol. The third kappa shape index (κ3) is 4.49. The molecule has 0 saturated heterocycles. The van der Waals surface area contributed by atoms with E-state index in [1.54, 1.807) is 37.5 Å². The highest BCUT2D eigenvalue weighted by Crippen LogP contribution is 2.39. The summed E-state index contributed by atoms with van der Waals surface area (Å²) >= 11 is 0. The van der Waals surface area contributed by atoms with Crippen LogP contribution in [-0.4, -0.2) is 13.0 Å². The van der Waals surface area contributed by atoms with Crippen LogP contribution in [0.1, 0.15) is 0 Å². The first kappa shape index (κ1) is 22.2. The van der Waals surface area contributed by atoms with Crippen molar-refractivity contribution in [3.8, 4) is 22.6 Å². The Bertz CT molecular complexity index is 1560. The first-order valence-corrected chi connectivity index (χ1v) is 11.2. The summed E-state index contributed by atoms with van der Waals surface area (Å²) in [6.45, 7) is 3.28. The highest BCUT2D eigenvalue weighted by Gasteiger charge is 2.17. The summed E-state index contributed by atoms with van der Waals surface area (Å²) < 4.78 is 61.1. The standard InChI is InChI=1S/C24H18F2N2O4S/c1-3-33(30,31)27-16-9-11-22(32-23-10-8-15(25)12-21(23)26)19(13-16)20-14-28(2)24(29)18-7-5-4-6-17(18)20/h3-14,27H,1H2,2H3. The number of sulfonamides is 1. The van der Waals surface area contributed by atoms with Crippen molar-refractivity contribution in [1.82, 2.24) is 4.57 Å². The van der Waals surface area contributed by atoms with Crippen LogP contribution in [0, 0.1) is 11.6 Å². The molecule has 168 valence electrons. The number of aryl methyl sites for hydroxylation is 1. The fraction of sp³-hybridized carbons (Fsp3) is 0.0417. The number of hydrogen-bond acceptors (Lipinski definition) is 4. The third-order valence-corrected chi connectivity index (χ3v) is 5.91. The van der Waals surface area contributed by atoms with Crippen LogP contribution >= 0.6 is 0 Å². The molecule has 0 aliphatic rings. The predicted octanol–water partition coefficient (Wildman–Crippen LogP) is 5.16. The number of benzene rings is 3. The van der Waals surface area contributed by atoms with E-state index < -0.39 is 21.7 Å². The molecule has 1 heterocycles. The number of pyridine rings is 1. The van der Waals surface area contributed by atoms with Gasteiger partial charge in [0, 0.05) is 46.9 Å². The minimum Gasteiger partial charge on any atom is -0.454 e. The minimum atomic E-state index is -3.80. The number of rotatable bonds is 6. The summed E-state index contributed by atoms with van der Waals surface area (Å²) in [7, 11) is -2.21. The molecule has 3 aromatic carbocycles. The molecule has 0 aliphatic heterocycles. The second-order valence-electron chi connectivity index (χ2n) is 7.21. The Labute approximate surface area is 188 Å². The number of halogens is 2. The Hall–Kier alpha value is -3.98. The van der Waals surface area contributed by atoms with Crippen molar-refractivity contribution < 1.29 is 21.9 Å². The lowest BCUT2D eigenvalue weighted by Gasteiger charge is -2.16. The van der Waals surface area contributed by atoms with E-state index in [1.165, 1.54) is 22.8 Å². The third-order valence-electron chi connectivity index (χ3n) is 4.95. The van der Waals surface area contributed by atoms with Gasteiger partial charge in [-0.25, -0.2) is 17.2 Å². The molecule has 0 unspecified atom stereocenters. The van der Waals surface area contributed by atoms with Gasteiger partial charge in [0.1, 0.15) is 11.6 Å². The zero-order valence-corrected chi connectivity index (χ0v) is 18.2. The van der Waals surface area contributed by atoms with Crippen molar-refractivity contribution in [3.05, 3.63) is 101 Å². The van der Waals surface area contributed by atoms with E-state index in [2.05, 4.69) is 11.3 Å². The number of anilines is 1. The van der Waals surface area contributed by atoms with Crippen LogP contribution in [0.2, 0.25) is 0 Å². The van der Waals surface area contributed by atoms with Gasteiger partial charge < -0.3 is 9.30 Å². The van der Waals surface area contributed by atoms with E-state index in [4.69, 9.17) is 4.74 Å². The van der Waals surface area contributed by atoms with Gasteiger partial charge in [0.15, 0.2) is 11.6 Å². The lowest BCUT2D eigenvalue weighted by molar-refractivity contribution is 0.439. The summed E-state index contributed by atoms with van der Waals surface area (Å²) in [5.41, 5.74) is 0.916. The van der Waals surface area contributed by atoms with Crippen LogP contribution < -0.4 is 15.0 Å². The molecule has 1 aromatic heterocycles. The van der Waals surface area contributed by atoms with E-state index in [9.17, 15) is 22.0 Å². The van der Waals surface area contributed by atoms with Gasteiger partial charge in [-0.2, -0.15) is 0 Å². The molecule has 9 heteroatoms. The number of aromatic nitrogens is 1. The summed E-state index contributed by atoms with van der Waals surface area (Å²) in [6, 6.07) is 14.2. The average molecular weight is 468 g/mol. The Morgan fingerprint density at radius 1 is 0.970 bits per heavy atom. The smallest absolute Gasteiger partial charge is 0.258 e. The highest BCUT2D eigenvalue weighted by atomic mass is 32.2. The normalized spacial score (nSPS) is 11.4. The predicted molar refractivity (Wildman–Crippen MR) is 124 cm³/mol. The van der Waals surface area contributed by atoms with Crippen molar-refractivity contribution in [2.45, 2.75) is 0 Å². The molecule has 1 N–H and O–H groups in total. The molecule has 0 aliphatic carbocycles. The van der Waals surface area contributed by atoms with Crippen LogP contribution in [0.3, 0.4) is 0 Å². The monoisotopic (exact) mass is 468 g/mol. The zero-order valence-electron chi connectivity index (χ0n) is 17.4. The Morgan fingerprint density at radius 2 is 1.67 bits per heavy atom. The molecule has 0 bridgehead atoms. The number of nitrogens with one attached hydrogen (secondary N) is 1. The molecule has 4 rings (SSSR count). The first-order valence-electron chi connectivity index (χ1n) is 9.69. The molecule has 0 spiro atoms. The average Bonchev–Trinajstić information content (AvgIpc) is 2.79. The Balaban J connectivity index is 1.96. The molecule has 33 heavy (non-hydrogen) atoms. The first-order chi connectivity index (χ1) is 15.7. The molecule has 0 saturated carbocycles. The van der Waals surface area contributed by atoms with Gasteiger partial charge in [-0.1, -0.05) is 24.8 Å². The number of ether oxygens (including phenoxy) is 1. The van der Waals surface area contributed by atoms with Crippen LogP contribution in [0.15, 0.2) is 83.6 Å². The second kappa shape index (κ2) is 8.51. The zero-order chi connectivity index (χ0) is 23.8. The van der Waals surface area contributed by atoms with Crippen LogP contribution in [0.4, 0.5) is 14.5 Å². The van der Waals surface area contributed by atoms with Gasteiger partial charge in [0.25, 0.3) is 15.6 Å². The van der Waals surface area contributed by atoms with Gasteiger partial charge in [0.05, 0.1) is 0 Å². The van der Waals surface area contributed by atoms with E-state index in [-0.39, 0.29) is 22.7 Å². The molecular formula is C24H18F2N2O4S. The van der Waals surface area contributed by atoms with E-state index in [0.717, 1.165) is 17.5 Å². The lowest BCUT2D eigenvalue weighted by Crippen LogP contribution is -2.16. The van der Waals surface area contributed by atoms with Crippen molar-refractivity contribution in [2.75, 3.05) is 4.72 Å². The molecule has 6 nitrogen and oxygen atoms in total. The van der Waals surface area contributed by atoms with Gasteiger partial charge in [-0.05, 0) is 41.8 Å². The maximum atomic E-state index is 14.3. The largest absolute Gasteiger partial charge is 0.454 e. The van der Waals surface area contributed by atoms with Crippen LogP contribution in [-0.2, 0) is 17.1 Å². The summed E-state index contributed by atoms with van der Waals surface area (Å²) in [4.78, 5) is 12.6. The fourth-order valence-corrected chi connectivity index (χ4v) is 3.95. The molecule has 0 amide bonds. The quantitative estimate of drug-likeness (QED) is 0.424. The summed E-state index contributed by atoms with van der Waals surface area (Å²) in [6.07, 6.45) is 1.58. The Morgan fingerprint density at radius 3 is 2.36 bits per heavy atom. The highest BCUT2D eigenvalue weighted by molar-refractivity contribution is 7.95. The van der Waals surface area contributed by atoms with Crippen LogP contribution in [0.5, 0.6) is 11.5 Å². The van der Waals surface area contributed by atoms with E-state index in [1.807, 2.05) is 0 Å². The lowest BCUT2D eigenvalue weighted by atomic mass is 9.99. The summed E-state index contributed by atoms with van der Waals surface area (Å²) in [5, 5.41) is 1.80. The van der Waals surface area contributed by atoms with Gasteiger partial charge in [-0.15, -0.1) is 0 Å². The number of hydrogen-bond donors (Lipinski definition) is 1. The van der Waals surface area contributed by atoms with Crippen molar-refractivity contribution >= 4 is 26.5 Å². The molecule has 4 aromatic rings. The molecule has 0 fully saturated rings. The maximum absolute atomic E-state index is 14.3. The van der Waals surface area contributed by atoms with Crippen molar-refractivity contribution in [2.24, 2.45) is 7.05 Å². The van der Waals surface area contributed by atoms with Crippen molar-refractivity contribution in [1.29, 1.82) is 0 Å². The number of fused-ring (bicyclic) bond motifs is 1. The number of nitrogens with zero attached hydrogens (tertiary/aromatic N) is 1. The minimum absolute atomic E-state index is 0.172. The van der Waals surface area contributed by atoms with E-state index in [0.29, 0.717) is 28.0 Å². The van der Waals surface area contributed by atoms with Gasteiger partial charge >= 0.3 is 0 Å². The summed E-state index contributed by atoms with van der Waals surface area (Å²) in [5.74, 6) is -1.70. The maximum Gasteiger partial charge on any atom is 0.258 e. The van der Waals surface area contributed by atoms with E-state index >= 15 is 0 Å². The van der Waals surface area contributed by atoms with Gasteiger partial charge in [-0.3, -0.25) is 9.52 Å². The van der Waals surface area contributed by atoms with Crippen molar-refractivity contribution in [3.63, 3.8) is 0 Å². The van der Waals surface area contributed by atoms with Gasteiger partial charge in [0.2, 0.25) is 0 Å². The second-order valence-corrected chi connectivity index (χ2v) is 8.83. The Kier molecular flexibility index (Phi) is 5.73. The topological polar surface area (TPSA) is 77.4 Å². The van der Waals surface area contributed by atoms with Crippen LogP contribution in [0.25, 0.3) is 21.9 Å². The SMILES string of the molecule is C=CS(=O)(=O)Nc1ccc(Oc2ccc(F)cc2F)c(-c2cn(C)c(=O)c3ccccc23)c1. The fourth-order valence-electron chi connectivity index (χ4n) is 3.41.